The Hall–Kier alpha value is -3.75. The molecule has 2 aliphatic rings. The van der Waals surface area contributed by atoms with Crippen molar-refractivity contribution in [2.45, 2.75) is 13.0 Å². The number of anilines is 1. The second-order valence-corrected chi connectivity index (χ2v) is 10.1. The van der Waals surface area contributed by atoms with Crippen LogP contribution in [0.1, 0.15) is 16.7 Å². The number of hydrogen-bond acceptors (Lipinski definition) is 5. The second-order valence-electron chi connectivity index (χ2n) is 8.44. The Morgan fingerprint density at radius 1 is 0.806 bits per heavy atom. The van der Waals surface area contributed by atoms with Crippen LogP contribution in [0, 0.1) is 0 Å². The van der Waals surface area contributed by atoms with Gasteiger partial charge in [0.15, 0.2) is 0 Å². The Labute approximate surface area is 219 Å². The monoisotopic (exact) mass is 513 g/mol. The summed E-state index contributed by atoms with van der Waals surface area (Å²) < 4.78 is 0.433. The number of nitrogens with one attached hydrogen (secondary N) is 1. The highest BCUT2D eigenvalue weighted by atomic mass is 32.2. The lowest BCUT2D eigenvalue weighted by atomic mass is 10.1. The van der Waals surface area contributed by atoms with Crippen LogP contribution in [0.25, 0.3) is 5.57 Å². The van der Waals surface area contributed by atoms with Crippen LogP contribution < -0.4 is 10.2 Å². The van der Waals surface area contributed by atoms with Gasteiger partial charge in [0.1, 0.15) is 10.9 Å². The standard InChI is InChI=1S/C28H23N3O3S2/c32-23(29-17-20-11-5-2-6-12-20)18-31-22-14-8-7-13-21(22)24(26(31)33)25-27(34)30(28(35)36-25)16-15-19-9-3-1-4-10-19/h1-14H,15-18H2,(H,29,32). The maximum atomic E-state index is 13.6. The van der Waals surface area contributed by atoms with Gasteiger partial charge in [0.2, 0.25) is 5.91 Å². The fourth-order valence-corrected chi connectivity index (χ4v) is 5.66. The minimum atomic E-state index is -0.366. The predicted octanol–water partition coefficient (Wildman–Crippen LogP) is 4.16. The second kappa shape index (κ2) is 10.5. The molecule has 36 heavy (non-hydrogen) atoms. The number of hydrogen-bond donors (Lipinski definition) is 1. The molecular formula is C28H23N3O3S2. The first-order valence-electron chi connectivity index (χ1n) is 11.6. The summed E-state index contributed by atoms with van der Waals surface area (Å²) in [7, 11) is 0. The average molecular weight is 514 g/mol. The van der Waals surface area contributed by atoms with Crippen molar-refractivity contribution in [3.63, 3.8) is 0 Å². The smallest absolute Gasteiger partial charge is 0.267 e. The lowest BCUT2D eigenvalue weighted by Crippen LogP contribution is -2.38. The highest BCUT2D eigenvalue weighted by Crippen LogP contribution is 2.44. The lowest BCUT2D eigenvalue weighted by molar-refractivity contribution is -0.122. The van der Waals surface area contributed by atoms with Crippen molar-refractivity contribution >= 4 is 57.3 Å². The van der Waals surface area contributed by atoms with Crippen LogP contribution in [-0.2, 0) is 27.3 Å². The molecule has 3 aromatic carbocycles. The van der Waals surface area contributed by atoms with E-state index in [9.17, 15) is 14.4 Å². The number of amides is 3. The van der Waals surface area contributed by atoms with Crippen LogP contribution in [-0.4, -0.2) is 40.0 Å². The summed E-state index contributed by atoms with van der Waals surface area (Å²) in [5.41, 5.74) is 3.64. The van der Waals surface area contributed by atoms with Gasteiger partial charge in [0, 0.05) is 18.7 Å². The lowest BCUT2D eigenvalue weighted by Gasteiger charge is -2.17. The summed E-state index contributed by atoms with van der Waals surface area (Å²) in [6.07, 6.45) is 0.661. The molecule has 0 saturated carbocycles. The van der Waals surface area contributed by atoms with E-state index in [1.165, 1.54) is 4.90 Å². The Morgan fingerprint density at radius 2 is 1.44 bits per heavy atom. The van der Waals surface area contributed by atoms with E-state index >= 15 is 0 Å². The SMILES string of the molecule is O=C(CN1C(=O)C(=C2SC(=S)N(CCc3ccccc3)C2=O)c2ccccc21)NCc1ccccc1. The topological polar surface area (TPSA) is 69.7 Å². The van der Waals surface area contributed by atoms with Gasteiger partial charge in [-0.1, -0.05) is 103 Å². The van der Waals surface area contributed by atoms with Gasteiger partial charge in [0.05, 0.1) is 16.2 Å². The number of benzene rings is 3. The summed E-state index contributed by atoms with van der Waals surface area (Å²) in [6, 6.07) is 26.7. The molecule has 6 nitrogen and oxygen atoms in total. The number of fused-ring (bicyclic) bond motifs is 1. The Kier molecular flexibility index (Phi) is 6.97. The van der Waals surface area contributed by atoms with Crippen molar-refractivity contribution in [1.82, 2.24) is 10.2 Å². The fourth-order valence-electron chi connectivity index (χ4n) is 4.28. The molecule has 0 aliphatic carbocycles. The molecule has 2 heterocycles. The van der Waals surface area contributed by atoms with Gasteiger partial charge < -0.3 is 5.32 Å². The maximum absolute atomic E-state index is 13.6. The molecule has 8 heteroatoms. The number of para-hydroxylation sites is 1. The quantitative estimate of drug-likeness (QED) is 0.380. The van der Waals surface area contributed by atoms with E-state index < -0.39 is 0 Å². The highest BCUT2D eigenvalue weighted by Gasteiger charge is 2.42. The minimum absolute atomic E-state index is 0.138. The van der Waals surface area contributed by atoms with Gasteiger partial charge in [-0.25, -0.2) is 0 Å². The predicted molar refractivity (Wildman–Crippen MR) is 146 cm³/mol. The maximum Gasteiger partial charge on any atom is 0.267 e. The molecule has 0 bridgehead atoms. The molecular weight excluding hydrogens is 490 g/mol. The van der Waals surface area contributed by atoms with Gasteiger partial charge >= 0.3 is 0 Å². The number of carbonyl (C=O) groups excluding carboxylic acids is 3. The van der Waals surface area contributed by atoms with Crippen LogP contribution in [0.5, 0.6) is 0 Å². The normalized spacial score (nSPS) is 17.1. The van der Waals surface area contributed by atoms with Crippen LogP contribution in [0.2, 0.25) is 0 Å². The summed E-state index contributed by atoms with van der Waals surface area (Å²) in [5.74, 6) is -0.914. The van der Waals surface area contributed by atoms with Crippen LogP contribution in [0.3, 0.4) is 0 Å². The summed E-state index contributed by atoms with van der Waals surface area (Å²) in [5, 5.41) is 2.87. The molecule has 0 spiro atoms. The molecule has 3 amide bonds. The van der Waals surface area contributed by atoms with Crippen molar-refractivity contribution in [2.24, 2.45) is 0 Å². The molecule has 5 rings (SSSR count). The average Bonchev–Trinajstić information content (AvgIpc) is 3.34. The molecule has 0 unspecified atom stereocenters. The third-order valence-electron chi connectivity index (χ3n) is 6.10. The van der Waals surface area contributed by atoms with Crippen LogP contribution in [0.15, 0.2) is 89.8 Å². The zero-order valence-electron chi connectivity index (χ0n) is 19.3. The number of rotatable bonds is 7. The van der Waals surface area contributed by atoms with E-state index in [-0.39, 0.29) is 24.3 Å². The van der Waals surface area contributed by atoms with Crippen molar-refractivity contribution in [1.29, 1.82) is 0 Å². The van der Waals surface area contributed by atoms with Crippen molar-refractivity contribution < 1.29 is 14.4 Å². The first-order chi connectivity index (χ1) is 17.5. The van der Waals surface area contributed by atoms with Gasteiger partial charge in [-0.3, -0.25) is 24.2 Å². The van der Waals surface area contributed by atoms with E-state index in [0.717, 1.165) is 22.9 Å². The van der Waals surface area contributed by atoms with E-state index in [1.807, 2.05) is 72.8 Å². The van der Waals surface area contributed by atoms with Crippen molar-refractivity contribution in [2.75, 3.05) is 18.0 Å². The zero-order chi connectivity index (χ0) is 25.1. The zero-order valence-corrected chi connectivity index (χ0v) is 21.0. The number of thiocarbonyl (C=S) groups is 1. The number of thioether (sulfide) groups is 1. The largest absolute Gasteiger partial charge is 0.350 e. The fraction of sp³-hybridized carbons (Fsp3) is 0.143. The van der Waals surface area contributed by atoms with Gasteiger partial charge in [-0.05, 0) is 23.6 Å². The molecule has 1 fully saturated rings. The molecule has 0 aromatic heterocycles. The molecule has 1 N–H and O–H groups in total. The molecule has 0 radical (unpaired) electrons. The molecule has 3 aromatic rings. The summed E-state index contributed by atoms with van der Waals surface area (Å²) >= 11 is 6.66. The molecule has 180 valence electrons. The number of carbonyl (C=O) groups is 3. The third kappa shape index (κ3) is 4.82. The summed E-state index contributed by atoms with van der Waals surface area (Å²) in [4.78, 5) is 43.0. The molecule has 2 aliphatic heterocycles. The van der Waals surface area contributed by atoms with E-state index in [2.05, 4.69) is 5.32 Å². The van der Waals surface area contributed by atoms with E-state index in [0.29, 0.717) is 45.6 Å². The Balaban J connectivity index is 1.35. The van der Waals surface area contributed by atoms with Crippen LogP contribution >= 0.6 is 24.0 Å². The first kappa shape index (κ1) is 24.0. The van der Waals surface area contributed by atoms with Crippen LogP contribution in [0.4, 0.5) is 5.69 Å². The highest BCUT2D eigenvalue weighted by molar-refractivity contribution is 8.26. The molecule has 0 atom stereocenters. The van der Waals surface area contributed by atoms with Crippen molar-refractivity contribution in [3.05, 3.63) is 107 Å². The van der Waals surface area contributed by atoms with Gasteiger partial charge in [0.25, 0.3) is 11.8 Å². The van der Waals surface area contributed by atoms with Gasteiger partial charge in [-0.15, -0.1) is 0 Å². The third-order valence-corrected chi connectivity index (χ3v) is 7.55. The minimum Gasteiger partial charge on any atom is -0.350 e. The van der Waals surface area contributed by atoms with E-state index in [1.54, 1.807) is 17.0 Å². The van der Waals surface area contributed by atoms with E-state index in [4.69, 9.17) is 12.2 Å². The molecule has 1 saturated heterocycles. The van der Waals surface area contributed by atoms with Crippen molar-refractivity contribution in [3.8, 4) is 0 Å². The first-order valence-corrected chi connectivity index (χ1v) is 12.8. The summed E-state index contributed by atoms with van der Waals surface area (Å²) in [6.45, 7) is 0.670. The Bertz CT molecular complexity index is 1370. The number of nitrogens with zero attached hydrogens (tertiary/aromatic N) is 2. The Morgan fingerprint density at radius 3 is 2.17 bits per heavy atom. The van der Waals surface area contributed by atoms with Gasteiger partial charge in [-0.2, -0.15) is 0 Å².